The van der Waals surface area contributed by atoms with Gasteiger partial charge in [0, 0.05) is 31.4 Å². The molecule has 1 aromatic heterocycles. The van der Waals surface area contributed by atoms with Gasteiger partial charge < -0.3 is 14.8 Å². The van der Waals surface area contributed by atoms with Gasteiger partial charge in [0.15, 0.2) is 0 Å². The summed E-state index contributed by atoms with van der Waals surface area (Å²) in [6.07, 6.45) is 3.60. The largest absolute Gasteiger partial charge is 0.349 e. The maximum atomic E-state index is 12.5. The van der Waals surface area contributed by atoms with Gasteiger partial charge in [-0.1, -0.05) is 30.3 Å². The van der Waals surface area contributed by atoms with Gasteiger partial charge in [0.25, 0.3) is 11.5 Å². The molecule has 1 fully saturated rings. The molecular weight excluding hydrogens is 314 g/mol. The number of amides is 1. The summed E-state index contributed by atoms with van der Waals surface area (Å²) in [5.41, 5.74) is 1.80. The summed E-state index contributed by atoms with van der Waals surface area (Å²) in [6.45, 7) is 1.33. The van der Waals surface area contributed by atoms with Crippen molar-refractivity contribution in [3.05, 3.63) is 70.1 Å². The Kier molecular flexibility index (Phi) is 5.34. The summed E-state index contributed by atoms with van der Waals surface area (Å²) in [7, 11) is 3.92. The number of hydrogen-bond acceptors (Lipinski definition) is 3. The number of pyridine rings is 1. The molecule has 0 bridgehead atoms. The molecule has 0 saturated heterocycles. The van der Waals surface area contributed by atoms with Crippen molar-refractivity contribution in [3.8, 4) is 0 Å². The van der Waals surface area contributed by atoms with Crippen LogP contribution in [-0.2, 0) is 6.54 Å². The normalized spacial score (nSPS) is 19.5. The Bertz CT molecular complexity index is 777. The Labute approximate surface area is 148 Å². The van der Waals surface area contributed by atoms with Crippen molar-refractivity contribution in [2.75, 3.05) is 20.6 Å². The summed E-state index contributed by atoms with van der Waals surface area (Å²) in [4.78, 5) is 26.4. The minimum Gasteiger partial charge on any atom is -0.349 e. The van der Waals surface area contributed by atoms with Crippen LogP contribution in [0.2, 0.25) is 0 Å². The first-order valence-corrected chi connectivity index (χ1v) is 8.74. The van der Waals surface area contributed by atoms with E-state index < -0.39 is 0 Å². The molecule has 1 aliphatic rings. The number of aromatic nitrogens is 1. The van der Waals surface area contributed by atoms with Crippen LogP contribution < -0.4 is 10.9 Å². The Morgan fingerprint density at radius 2 is 1.88 bits per heavy atom. The Balaban J connectivity index is 1.57. The van der Waals surface area contributed by atoms with Crippen molar-refractivity contribution in [3.63, 3.8) is 0 Å². The number of carbonyl (C=O) groups is 1. The van der Waals surface area contributed by atoms with E-state index in [0.29, 0.717) is 18.0 Å². The topological polar surface area (TPSA) is 54.3 Å². The molecule has 5 heteroatoms. The minimum atomic E-state index is -0.102. The lowest BCUT2D eigenvalue weighted by Crippen LogP contribution is -2.43. The zero-order valence-corrected chi connectivity index (χ0v) is 14.8. The van der Waals surface area contributed by atoms with Gasteiger partial charge in [0.05, 0.1) is 5.56 Å². The maximum absolute atomic E-state index is 12.5. The molecule has 5 nitrogen and oxygen atoms in total. The Morgan fingerprint density at radius 1 is 1.16 bits per heavy atom. The summed E-state index contributed by atoms with van der Waals surface area (Å²) in [6, 6.07) is 13.7. The van der Waals surface area contributed by atoms with E-state index >= 15 is 0 Å². The monoisotopic (exact) mass is 339 g/mol. The van der Waals surface area contributed by atoms with Crippen LogP contribution in [0.25, 0.3) is 0 Å². The van der Waals surface area contributed by atoms with Crippen molar-refractivity contribution in [1.29, 1.82) is 0 Å². The smallest absolute Gasteiger partial charge is 0.252 e. The van der Waals surface area contributed by atoms with Gasteiger partial charge in [-0.15, -0.1) is 0 Å². The van der Waals surface area contributed by atoms with E-state index in [1.54, 1.807) is 16.8 Å². The van der Waals surface area contributed by atoms with Crippen LogP contribution in [0.15, 0.2) is 53.5 Å². The number of hydrogen-bond donors (Lipinski definition) is 1. The van der Waals surface area contributed by atoms with Crippen molar-refractivity contribution < 1.29 is 4.79 Å². The summed E-state index contributed by atoms with van der Waals surface area (Å²) in [5, 5.41) is 3.08. The number of carbonyl (C=O) groups excluding carboxylic acids is 1. The second-order valence-corrected chi connectivity index (χ2v) is 7.00. The highest BCUT2D eigenvalue weighted by Crippen LogP contribution is 2.36. The van der Waals surface area contributed by atoms with Crippen LogP contribution in [0.4, 0.5) is 0 Å². The maximum Gasteiger partial charge on any atom is 0.252 e. The van der Waals surface area contributed by atoms with Gasteiger partial charge in [-0.3, -0.25) is 9.59 Å². The SMILES string of the molecule is CN(C)CCn1cc(C(=O)NC2CC(c3ccccc3)C2)ccc1=O. The lowest BCUT2D eigenvalue weighted by Gasteiger charge is -2.36. The highest BCUT2D eigenvalue weighted by atomic mass is 16.2. The van der Waals surface area contributed by atoms with Crippen molar-refractivity contribution in [1.82, 2.24) is 14.8 Å². The molecule has 0 atom stereocenters. The lowest BCUT2D eigenvalue weighted by molar-refractivity contribution is 0.0908. The van der Waals surface area contributed by atoms with Crippen LogP contribution in [0.1, 0.15) is 34.7 Å². The number of benzene rings is 1. The molecule has 1 heterocycles. The predicted molar refractivity (Wildman–Crippen MR) is 98.9 cm³/mol. The number of nitrogens with zero attached hydrogens (tertiary/aromatic N) is 2. The minimum absolute atomic E-state index is 0.0776. The molecule has 2 aromatic rings. The van der Waals surface area contributed by atoms with Gasteiger partial charge >= 0.3 is 0 Å². The molecule has 0 aliphatic heterocycles. The van der Waals surface area contributed by atoms with Crippen LogP contribution >= 0.6 is 0 Å². The summed E-state index contributed by atoms with van der Waals surface area (Å²) in [5.74, 6) is 0.427. The fraction of sp³-hybridized carbons (Fsp3) is 0.400. The number of nitrogens with one attached hydrogen (secondary N) is 1. The lowest BCUT2D eigenvalue weighted by atomic mass is 9.76. The first-order chi connectivity index (χ1) is 12.0. The molecule has 3 rings (SSSR count). The number of rotatable bonds is 6. The summed E-state index contributed by atoms with van der Waals surface area (Å²) >= 11 is 0. The van der Waals surface area contributed by atoms with E-state index in [1.807, 2.05) is 25.1 Å². The third kappa shape index (κ3) is 4.37. The molecule has 1 aromatic carbocycles. The summed E-state index contributed by atoms with van der Waals surface area (Å²) < 4.78 is 1.60. The Hall–Kier alpha value is -2.40. The quantitative estimate of drug-likeness (QED) is 0.877. The number of likely N-dealkylation sites (N-methyl/N-ethyl adjacent to an activating group) is 1. The molecule has 0 unspecified atom stereocenters. The van der Waals surface area contributed by atoms with Crippen LogP contribution in [0.5, 0.6) is 0 Å². The van der Waals surface area contributed by atoms with Crippen molar-refractivity contribution in [2.24, 2.45) is 0 Å². The van der Waals surface area contributed by atoms with Gasteiger partial charge in [-0.05, 0) is 44.5 Å². The highest BCUT2D eigenvalue weighted by molar-refractivity contribution is 5.94. The van der Waals surface area contributed by atoms with Gasteiger partial charge in [0.1, 0.15) is 0 Å². The molecule has 1 N–H and O–H groups in total. The molecule has 1 saturated carbocycles. The molecular formula is C20H25N3O2. The highest BCUT2D eigenvalue weighted by Gasteiger charge is 2.31. The zero-order chi connectivity index (χ0) is 17.8. The third-order valence-corrected chi connectivity index (χ3v) is 4.78. The van der Waals surface area contributed by atoms with E-state index in [9.17, 15) is 9.59 Å². The molecule has 25 heavy (non-hydrogen) atoms. The third-order valence-electron chi connectivity index (χ3n) is 4.78. The van der Waals surface area contributed by atoms with Gasteiger partial charge in [-0.2, -0.15) is 0 Å². The van der Waals surface area contributed by atoms with E-state index in [4.69, 9.17) is 0 Å². The molecule has 1 aliphatic carbocycles. The standard InChI is InChI=1S/C20H25N3O2/c1-22(2)10-11-23-14-16(8-9-19(23)24)20(25)21-18-12-17(13-18)15-6-4-3-5-7-15/h3-9,14,17-18H,10-13H2,1-2H3,(H,21,25). The fourth-order valence-electron chi connectivity index (χ4n) is 3.15. The fourth-order valence-corrected chi connectivity index (χ4v) is 3.15. The second-order valence-electron chi connectivity index (χ2n) is 7.00. The van der Waals surface area contributed by atoms with Gasteiger partial charge in [-0.25, -0.2) is 0 Å². The average Bonchev–Trinajstić information content (AvgIpc) is 2.57. The van der Waals surface area contributed by atoms with Crippen molar-refractivity contribution >= 4 is 5.91 Å². The zero-order valence-electron chi connectivity index (χ0n) is 14.8. The molecule has 132 valence electrons. The van der Waals surface area contributed by atoms with E-state index in [1.165, 1.54) is 11.6 Å². The van der Waals surface area contributed by atoms with E-state index in [2.05, 4.69) is 29.6 Å². The molecule has 1 amide bonds. The molecule has 0 spiro atoms. The van der Waals surface area contributed by atoms with E-state index in [-0.39, 0.29) is 17.5 Å². The van der Waals surface area contributed by atoms with E-state index in [0.717, 1.165) is 19.4 Å². The van der Waals surface area contributed by atoms with Crippen LogP contribution in [0.3, 0.4) is 0 Å². The second kappa shape index (κ2) is 7.66. The Morgan fingerprint density at radius 3 is 2.56 bits per heavy atom. The molecule has 0 radical (unpaired) electrons. The average molecular weight is 339 g/mol. The predicted octanol–water partition coefficient (Wildman–Crippen LogP) is 2.09. The first kappa shape index (κ1) is 17.4. The first-order valence-electron chi connectivity index (χ1n) is 8.74. The van der Waals surface area contributed by atoms with Crippen LogP contribution in [-0.4, -0.2) is 42.1 Å². The van der Waals surface area contributed by atoms with Crippen LogP contribution in [0, 0.1) is 0 Å². The van der Waals surface area contributed by atoms with Gasteiger partial charge in [0.2, 0.25) is 0 Å². The van der Waals surface area contributed by atoms with Crippen molar-refractivity contribution in [2.45, 2.75) is 31.3 Å².